The molecule has 2 aromatic heterocycles. The van der Waals surface area contributed by atoms with Crippen LogP contribution in [0.25, 0.3) is 5.78 Å². The number of ether oxygens (including phenoxy) is 1. The van der Waals surface area contributed by atoms with Crippen LogP contribution in [0.1, 0.15) is 46.1 Å². The fourth-order valence-corrected chi connectivity index (χ4v) is 3.89. The van der Waals surface area contributed by atoms with Crippen molar-refractivity contribution in [1.29, 1.82) is 0 Å². The molecule has 0 aliphatic carbocycles. The third-order valence-corrected chi connectivity index (χ3v) is 5.27. The minimum Gasteiger partial charge on any atom is -0.496 e. The molecule has 7 nitrogen and oxygen atoms in total. The number of carbonyl (C=O) groups excluding carboxylic acids is 1. The zero-order valence-corrected chi connectivity index (χ0v) is 15.8. The molecule has 0 N–H and O–H groups in total. The fraction of sp³-hybridized carbons (Fsp3) is 0.400. The number of piperidine rings is 1. The van der Waals surface area contributed by atoms with Crippen molar-refractivity contribution < 1.29 is 9.53 Å². The van der Waals surface area contributed by atoms with Gasteiger partial charge in [-0.3, -0.25) is 4.79 Å². The van der Waals surface area contributed by atoms with Crippen molar-refractivity contribution >= 4 is 11.7 Å². The largest absolute Gasteiger partial charge is 0.496 e. The number of amides is 1. The van der Waals surface area contributed by atoms with E-state index in [0.29, 0.717) is 17.9 Å². The first kappa shape index (κ1) is 17.5. The summed E-state index contributed by atoms with van der Waals surface area (Å²) in [6.07, 6.45) is 3.49. The first-order valence-corrected chi connectivity index (χ1v) is 9.18. The van der Waals surface area contributed by atoms with E-state index < -0.39 is 0 Å². The SMILES string of the molecule is COc1cccc(C(=O)N2CCCC(c3cc(C)nc4ncnn34)C2)c1C. The number of aryl methyl sites for hydroxylation is 1. The summed E-state index contributed by atoms with van der Waals surface area (Å²) in [4.78, 5) is 23.7. The normalized spacial score (nSPS) is 17.3. The third kappa shape index (κ3) is 3.13. The lowest BCUT2D eigenvalue weighted by molar-refractivity contribution is 0.0704. The fourth-order valence-electron chi connectivity index (χ4n) is 3.89. The number of carbonyl (C=O) groups is 1. The summed E-state index contributed by atoms with van der Waals surface area (Å²) in [5.41, 5.74) is 3.56. The molecule has 0 radical (unpaired) electrons. The van der Waals surface area contributed by atoms with E-state index in [4.69, 9.17) is 4.74 Å². The monoisotopic (exact) mass is 365 g/mol. The molecular weight excluding hydrogens is 342 g/mol. The average molecular weight is 365 g/mol. The van der Waals surface area contributed by atoms with E-state index in [-0.39, 0.29) is 11.8 Å². The quantitative estimate of drug-likeness (QED) is 0.714. The molecular formula is C20H23N5O2. The minimum atomic E-state index is 0.0525. The van der Waals surface area contributed by atoms with Crippen molar-refractivity contribution in [2.75, 3.05) is 20.2 Å². The van der Waals surface area contributed by atoms with Crippen LogP contribution in [0.5, 0.6) is 5.75 Å². The van der Waals surface area contributed by atoms with Crippen LogP contribution in [-0.2, 0) is 0 Å². The van der Waals surface area contributed by atoms with Crippen LogP contribution in [0.15, 0.2) is 30.6 Å². The van der Waals surface area contributed by atoms with Gasteiger partial charge in [0.1, 0.15) is 12.1 Å². The number of aromatic nitrogens is 4. The smallest absolute Gasteiger partial charge is 0.254 e. The van der Waals surface area contributed by atoms with Crippen LogP contribution in [0.4, 0.5) is 0 Å². The van der Waals surface area contributed by atoms with Gasteiger partial charge in [-0.05, 0) is 44.9 Å². The Morgan fingerprint density at radius 1 is 1.30 bits per heavy atom. The van der Waals surface area contributed by atoms with Gasteiger partial charge in [-0.2, -0.15) is 10.1 Å². The van der Waals surface area contributed by atoms with Gasteiger partial charge in [0.25, 0.3) is 11.7 Å². The van der Waals surface area contributed by atoms with E-state index in [1.54, 1.807) is 11.6 Å². The predicted molar refractivity (Wildman–Crippen MR) is 101 cm³/mol. The van der Waals surface area contributed by atoms with E-state index >= 15 is 0 Å². The minimum absolute atomic E-state index is 0.0525. The molecule has 0 spiro atoms. The topological polar surface area (TPSA) is 72.6 Å². The van der Waals surface area contributed by atoms with E-state index in [9.17, 15) is 4.79 Å². The van der Waals surface area contributed by atoms with Crippen molar-refractivity contribution in [3.63, 3.8) is 0 Å². The highest BCUT2D eigenvalue weighted by Crippen LogP contribution is 2.29. The lowest BCUT2D eigenvalue weighted by Crippen LogP contribution is -2.40. The number of hydrogen-bond donors (Lipinski definition) is 0. The summed E-state index contributed by atoms with van der Waals surface area (Å²) in [5, 5.41) is 4.32. The van der Waals surface area contributed by atoms with E-state index in [2.05, 4.69) is 21.1 Å². The number of fused-ring (bicyclic) bond motifs is 1. The predicted octanol–water partition coefficient (Wildman–Crippen LogP) is 2.77. The van der Waals surface area contributed by atoms with Crippen molar-refractivity contribution in [3.05, 3.63) is 53.1 Å². The molecule has 1 aliphatic rings. The van der Waals surface area contributed by atoms with Crippen LogP contribution >= 0.6 is 0 Å². The maximum absolute atomic E-state index is 13.2. The van der Waals surface area contributed by atoms with Crippen LogP contribution < -0.4 is 4.74 Å². The number of likely N-dealkylation sites (tertiary alicyclic amines) is 1. The van der Waals surface area contributed by atoms with Crippen LogP contribution in [0.3, 0.4) is 0 Å². The van der Waals surface area contributed by atoms with Gasteiger partial charge in [-0.25, -0.2) is 9.50 Å². The van der Waals surface area contributed by atoms with Gasteiger partial charge >= 0.3 is 0 Å². The molecule has 0 bridgehead atoms. The van der Waals surface area contributed by atoms with Crippen LogP contribution in [0, 0.1) is 13.8 Å². The maximum Gasteiger partial charge on any atom is 0.254 e. The zero-order chi connectivity index (χ0) is 19.0. The molecule has 27 heavy (non-hydrogen) atoms. The Hall–Kier alpha value is -2.96. The highest BCUT2D eigenvalue weighted by Gasteiger charge is 2.28. The summed E-state index contributed by atoms with van der Waals surface area (Å²) in [5.74, 6) is 1.61. The molecule has 1 aliphatic heterocycles. The van der Waals surface area contributed by atoms with Gasteiger partial charge in [0.2, 0.25) is 0 Å². The molecule has 140 valence electrons. The Morgan fingerprint density at radius 2 is 2.15 bits per heavy atom. The summed E-state index contributed by atoms with van der Waals surface area (Å²) in [6, 6.07) is 7.67. The Morgan fingerprint density at radius 3 is 2.96 bits per heavy atom. The molecule has 3 aromatic rings. The Bertz CT molecular complexity index is 997. The Kier molecular flexibility index (Phi) is 4.51. The zero-order valence-electron chi connectivity index (χ0n) is 15.8. The first-order valence-electron chi connectivity index (χ1n) is 9.18. The maximum atomic E-state index is 13.2. The molecule has 7 heteroatoms. The first-order chi connectivity index (χ1) is 13.1. The van der Waals surface area contributed by atoms with Crippen LogP contribution in [-0.4, -0.2) is 50.6 Å². The van der Waals surface area contributed by atoms with Crippen LogP contribution in [0.2, 0.25) is 0 Å². The molecule has 1 atom stereocenters. The van der Waals surface area contributed by atoms with Crippen molar-refractivity contribution in [3.8, 4) is 5.75 Å². The third-order valence-electron chi connectivity index (χ3n) is 5.27. The standard InChI is InChI=1S/C20H23N5O2/c1-13-10-17(25-20(23-13)21-12-22-25)15-6-5-9-24(11-15)19(26)16-7-4-8-18(27-3)14(16)2/h4,7-8,10,12,15H,5-6,9,11H2,1-3H3. The number of benzene rings is 1. The molecule has 1 unspecified atom stereocenters. The second kappa shape index (κ2) is 6.98. The number of rotatable bonds is 3. The second-order valence-electron chi connectivity index (χ2n) is 7.02. The molecule has 1 aromatic carbocycles. The van der Waals surface area contributed by atoms with Gasteiger partial charge in [0, 0.05) is 35.8 Å². The molecule has 3 heterocycles. The molecule has 1 saturated heterocycles. The molecule has 0 saturated carbocycles. The summed E-state index contributed by atoms with van der Waals surface area (Å²) >= 11 is 0. The number of hydrogen-bond acceptors (Lipinski definition) is 5. The highest BCUT2D eigenvalue weighted by atomic mass is 16.5. The number of methoxy groups -OCH3 is 1. The second-order valence-corrected chi connectivity index (χ2v) is 7.02. The summed E-state index contributed by atoms with van der Waals surface area (Å²) < 4.78 is 7.16. The number of nitrogens with zero attached hydrogens (tertiary/aromatic N) is 5. The average Bonchev–Trinajstić information content (AvgIpc) is 3.15. The molecule has 1 amide bonds. The van der Waals surface area contributed by atoms with Crippen molar-refractivity contribution in [1.82, 2.24) is 24.5 Å². The van der Waals surface area contributed by atoms with Gasteiger partial charge < -0.3 is 9.64 Å². The van der Waals surface area contributed by atoms with E-state index in [0.717, 1.165) is 42.1 Å². The van der Waals surface area contributed by atoms with Crippen molar-refractivity contribution in [2.45, 2.75) is 32.6 Å². The lowest BCUT2D eigenvalue weighted by Gasteiger charge is -2.33. The molecule has 4 rings (SSSR count). The molecule has 1 fully saturated rings. The summed E-state index contributed by atoms with van der Waals surface area (Å²) in [7, 11) is 1.63. The van der Waals surface area contributed by atoms with E-state index in [1.807, 2.05) is 36.9 Å². The summed E-state index contributed by atoms with van der Waals surface area (Å²) in [6.45, 7) is 5.31. The Labute approximate surface area is 158 Å². The van der Waals surface area contributed by atoms with Gasteiger partial charge in [-0.1, -0.05) is 6.07 Å². The Balaban J connectivity index is 1.63. The van der Waals surface area contributed by atoms with Gasteiger partial charge in [0.05, 0.1) is 12.8 Å². The van der Waals surface area contributed by atoms with E-state index in [1.165, 1.54) is 6.33 Å². The van der Waals surface area contributed by atoms with Crippen molar-refractivity contribution in [2.24, 2.45) is 0 Å². The highest BCUT2D eigenvalue weighted by molar-refractivity contribution is 5.96. The van der Waals surface area contributed by atoms with Gasteiger partial charge in [0.15, 0.2) is 0 Å². The van der Waals surface area contributed by atoms with Gasteiger partial charge in [-0.15, -0.1) is 0 Å². The lowest BCUT2D eigenvalue weighted by atomic mass is 9.93.